The summed E-state index contributed by atoms with van der Waals surface area (Å²) >= 11 is 0. The van der Waals surface area contributed by atoms with E-state index in [1.54, 1.807) is 18.0 Å². The monoisotopic (exact) mass is 238 g/mol. The number of fused-ring (bicyclic) bond motifs is 1. The molecule has 0 radical (unpaired) electrons. The summed E-state index contributed by atoms with van der Waals surface area (Å²) in [6.07, 6.45) is 1.49. The number of rotatable bonds is 3. The Hall–Kier alpha value is -1.75. The molecule has 1 aromatic carbocycles. The number of nitrogens with zero attached hydrogens (tertiary/aromatic N) is 2. The quantitative estimate of drug-likeness (QED) is 0.887. The molecule has 1 heterocycles. The molecule has 0 fully saturated rings. The van der Waals surface area contributed by atoms with E-state index in [4.69, 9.17) is 5.11 Å². The second-order valence-corrected chi connectivity index (χ2v) is 3.77. The smallest absolute Gasteiger partial charge is 0.139 e. The molecule has 2 rings (SSSR count). The summed E-state index contributed by atoms with van der Waals surface area (Å²) < 4.78 is 26.8. The molecule has 0 saturated carbocycles. The van der Waals surface area contributed by atoms with Crippen LogP contribution < -0.4 is 4.90 Å². The lowest BCUT2D eigenvalue weighted by Gasteiger charge is -2.18. The van der Waals surface area contributed by atoms with Crippen LogP contribution in [0.3, 0.4) is 0 Å². The number of aliphatic hydroxyl groups is 1. The highest BCUT2D eigenvalue weighted by Crippen LogP contribution is 2.27. The Bertz CT molecular complexity index is 545. The van der Waals surface area contributed by atoms with Gasteiger partial charge >= 0.3 is 0 Å². The first-order valence-corrected chi connectivity index (χ1v) is 5.19. The Morgan fingerprint density at radius 3 is 2.82 bits per heavy atom. The summed E-state index contributed by atoms with van der Waals surface area (Å²) in [5, 5.41) is 9.58. The molecule has 1 aromatic heterocycles. The van der Waals surface area contributed by atoms with Gasteiger partial charge in [0, 0.05) is 25.9 Å². The van der Waals surface area contributed by atoms with Crippen LogP contribution in [0.2, 0.25) is 0 Å². The van der Waals surface area contributed by atoms with Gasteiger partial charge in [0.05, 0.1) is 12.0 Å². The zero-order valence-electron chi connectivity index (χ0n) is 9.32. The minimum atomic E-state index is -0.645. The molecule has 0 aliphatic heterocycles. The molecule has 17 heavy (non-hydrogen) atoms. The number of hydrogen-bond donors (Lipinski definition) is 1. The lowest BCUT2D eigenvalue weighted by atomic mass is 10.1. The van der Waals surface area contributed by atoms with Crippen LogP contribution >= 0.6 is 0 Å². The molecule has 90 valence electrons. The van der Waals surface area contributed by atoms with Gasteiger partial charge in [-0.05, 0) is 17.5 Å². The van der Waals surface area contributed by atoms with Gasteiger partial charge in [0.2, 0.25) is 0 Å². The van der Waals surface area contributed by atoms with Crippen LogP contribution in [0.15, 0.2) is 24.4 Å². The van der Waals surface area contributed by atoms with Gasteiger partial charge in [-0.1, -0.05) is 0 Å². The predicted molar refractivity (Wildman–Crippen MR) is 62.0 cm³/mol. The maximum Gasteiger partial charge on any atom is 0.139 e. The number of halogens is 2. The van der Waals surface area contributed by atoms with Crippen LogP contribution in [-0.4, -0.2) is 30.3 Å². The number of likely N-dealkylation sites (N-methyl/N-ethyl adjacent to an activating group) is 1. The predicted octanol–water partition coefficient (Wildman–Crippen LogP) is 1.94. The first kappa shape index (κ1) is 11.7. The zero-order valence-corrected chi connectivity index (χ0v) is 9.32. The summed E-state index contributed by atoms with van der Waals surface area (Å²) in [7, 11) is 1.70. The van der Waals surface area contributed by atoms with E-state index in [0.29, 0.717) is 17.7 Å². The highest BCUT2D eigenvalue weighted by atomic mass is 19.1. The average molecular weight is 238 g/mol. The van der Waals surface area contributed by atoms with Crippen molar-refractivity contribution in [3.05, 3.63) is 36.0 Å². The fraction of sp³-hybridized carbons (Fsp3) is 0.250. The first-order chi connectivity index (χ1) is 8.13. The summed E-state index contributed by atoms with van der Waals surface area (Å²) in [6.45, 7) is 0.278. The second kappa shape index (κ2) is 4.63. The summed E-state index contributed by atoms with van der Waals surface area (Å²) in [6, 6.07) is 3.65. The van der Waals surface area contributed by atoms with Crippen molar-refractivity contribution in [3.8, 4) is 0 Å². The van der Waals surface area contributed by atoms with Crippen molar-refractivity contribution in [2.75, 3.05) is 25.1 Å². The maximum absolute atomic E-state index is 13.7. The van der Waals surface area contributed by atoms with Gasteiger partial charge < -0.3 is 10.0 Å². The van der Waals surface area contributed by atoms with E-state index in [9.17, 15) is 8.78 Å². The molecule has 0 aliphatic rings. The van der Waals surface area contributed by atoms with E-state index in [1.807, 2.05) is 0 Å². The van der Waals surface area contributed by atoms with Crippen LogP contribution in [-0.2, 0) is 0 Å². The van der Waals surface area contributed by atoms with Gasteiger partial charge in [0.1, 0.15) is 17.5 Å². The highest BCUT2D eigenvalue weighted by molar-refractivity contribution is 5.92. The van der Waals surface area contributed by atoms with Gasteiger partial charge in [-0.15, -0.1) is 0 Å². The van der Waals surface area contributed by atoms with E-state index < -0.39 is 11.6 Å². The van der Waals surface area contributed by atoms with Gasteiger partial charge in [-0.25, -0.2) is 13.8 Å². The molecule has 0 atom stereocenters. The Labute approximate surface area is 97.3 Å². The third kappa shape index (κ3) is 2.19. The molecule has 0 amide bonds. The SMILES string of the molecule is CN(CCO)c1nccc2cc(F)cc(F)c12. The Morgan fingerprint density at radius 2 is 2.12 bits per heavy atom. The highest BCUT2D eigenvalue weighted by Gasteiger charge is 2.12. The van der Waals surface area contributed by atoms with E-state index in [2.05, 4.69) is 4.98 Å². The fourth-order valence-corrected chi connectivity index (χ4v) is 1.76. The molecular formula is C12H12F2N2O. The largest absolute Gasteiger partial charge is 0.395 e. The maximum atomic E-state index is 13.7. The van der Waals surface area contributed by atoms with Crippen LogP contribution in [0.25, 0.3) is 10.8 Å². The van der Waals surface area contributed by atoms with Crippen LogP contribution in [0.4, 0.5) is 14.6 Å². The molecule has 0 aliphatic carbocycles. The zero-order chi connectivity index (χ0) is 12.4. The van der Waals surface area contributed by atoms with E-state index >= 15 is 0 Å². The standard InChI is InChI=1S/C12H12F2N2O/c1-16(4-5-17)12-11-8(2-3-15-12)6-9(13)7-10(11)14/h2-3,6-7,17H,4-5H2,1H3. The number of aromatic nitrogens is 1. The van der Waals surface area contributed by atoms with Gasteiger partial charge in [0.15, 0.2) is 0 Å². The fourth-order valence-electron chi connectivity index (χ4n) is 1.76. The minimum Gasteiger partial charge on any atom is -0.395 e. The lowest BCUT2D eigenvalue weighted by Crippen LogP contribution is -2.22. The average Bonchev–Trinajstić information content (AvgIpc) is 2.28. The number of hydrogen-bond acceptors (Lipinski definition) is 3. The molecule has 5 heteroatoms. The molecule has 2 aromatic rings. The first-order valence-electron chi connectivity index (χ1n) is 5.19. The number of anilines is 1. The molecule has 0 unspecified atom stereocenters. The Balaban J connectivity index is 2.64. The molecule has 0 saturated heterocycles. The number of aliphatic hydroxyl groups excluding tert-OH is 1. The molecule has 0 bridgehead atoms. The number of pyridine rings is 1. The van der Waals surface area contributed by atoms with Crippen molar-refractivity contribution < 1.29 is 13.9 Å². The van der Waals surface area contributed by atoms with Crippen LogP contribution in [0.5, 0.6) is 0 Å². The molecule has 3 nitrogen and oxygen atoms in total. The second-order valence-electron chi connectivity index (χ2n) is 3.77. The van der Waals surface area contributed by atoms with Crippen molar-refractivity contribution in [3.63, 3.8) is 0 Å². The third-order valence-corrected chi connectivity index (χ3v) is 2.56. The topological polar surface area (TPSA) is 36.4 Å². The van der Waals surface area contributed by atoms with Crippen molar-refractivity contribution in [1.29, 1.82) is 0 Å². The van der Waals surface area contributed by atoms with E-state index in [1.165, 1.54) is 12.3 Å². The summed E-state index contributed by atoms with van der Waals surface area (Å²) in [5.41, 5.74) is 0. The normalized spacial score (nSPS) is 10.8. The minimum absolute atomic E-state index is 0.0582. The van der Waals surface area contributed by atoms with Crippen molar-refractivity contribution >= 4 is 16.6 Å². The Kier molecular flexibility index (Phi) is 3.19. The molecular weight excluding hydrogens is 226 g/mol. The van der Waals surface area contributed by atoms with Crippen molar-refractivity contribution in [2.24, 2.45) is 0 Å². The van der Waals surface area contributed by atoms with Crippen LogP contribution in [0.1, 0.15) is 0 Å². The molecule has 1 N–H and O–H groups in total. The van der Waals surface area contributed by atoms with E-state index in [0.717, 1.165) is 6.07 Å². The van der Waals surface area contributed by atoms with Crippen molar-refractivity contribution in [2.45, 2.75) is 0 Å². The lowest BCUT2D eigenvalue weighted by molar-refractivity contribution is 0.304. The van der Waals surface area contributed by atoms with Crippen LogP contribution in [0, 0.1) is 11.6 Å². The van der Waals surface area contributed by atoms with E-state index in [-0.39, 0.29) is 12.0 Å². The Morgan fingerprint density at radius 1 is 1.35 bits per heavy atom. The van der Waals surface area contributed by atoms with Gasteiger partial charge in [0.25, 0.3) is 0 Å². The third-order valence-electron chi connectivity index (χ3n) is 2.56. The number of benzene rings is 1. The van der Waals surface area contributed by atoms with Crippen molar-refractivity contribution in [1.82, 2.24) is 4.98 Å². The van der Waals surface area contributed by atoms with Gasteiger partial charge in [-0.2, -0.15) is 0 Å². The summed E-state index contributed by atoms with van der Waals surface area (Å²) in [5.74, 6) is -0.862. The summed E-state index contributed by atoms with van der Waals surface area (Å²) in [4.78, 5) is 5.70. The van der Waals surface area contributed by atoms with Gasteiger partial charge in [-0.3, -0.25) is 0 Å². The molecule has 0 spiro atoms.